The molecule has 0 atom stereocenters. The Morgan fingerprint density at radius 3 is 2.65 bits per heavy atom. The Labute approximate surface area is 199 Å². The summed E-state index contributed by atoms with van der Waals surface area (Å²) in [5, 5.41) is 8.75. The molecule has 2 aliphatic heterocycles. The lowest BCUT2D eigenvalue weighted by molar-refractivity contribution is 0.0681. The molecule has 0 unspecified atom stereocenters. The lowest BCUT2D eigenvalue weighted by Gasteiger charge is -2.29. The molecule has 34 heavy (non-hydrogen) atoms. The molecule has 6 rings (SSSR count). The third-order valence-electron chi connectivity index (χ3n) is 7.35. The number of aryl methyl sites for hydroxylation is 2. The van der Waals surface area contributed by atoms with Crippen molar-refractivity contribution in [3.63, 3.8) is 0 Å². The van der Waals surface area contributed by atoms with Crippen LogP contribution < -0.4 is 15.0 Å². The summed E-state index contributed by atoms with van der Waals surface area (Å²) in [7, 11) is 1.82. The Morgan fingerprint density at radius 1 is 1.03 bits per heavy atom. The third-order valence-corrected chi connectivity index (χ3v) is 7.35. The van der Waals surface area contributed by atoms with Crippen molar-refractivity contribution in [1.82, 2.24) is 24.6 Å². The quantitative estimate of drug-likeness (QED) is 0.611. The van der Waals surface area contributed by atoms with Crippen LogP contribution in [0.5, 0.6) is 5.88 Å². The minimum atomic E-state index is 0.376. The van der Waals surface area contributed by atoms with E-state index in [4.69, 9.17) is 24.5 Å². The molecule has 3 aromatic rings. The van der Waals surface area contributed by atoms with Crippen LogP contribution in [0.25, 0.3) is 17.0 Å². The Balaban J connectivity index is 1.38. The predicted molar refractivity (Wildman–Crippen MR) is 131 cm³/mol. The lowest BCUT2D eigenvalue weighted by Crippen LogP contribution is -2.30. The van der Waals surface area contributed by atoms with Crippen LogP contribution >= 0.6 is 0 Å². The highest BCUT2D eigenvalue weighted by atomic mass is 16.5. The van der Waals surface area contributed by atoms with Gasteiger partial charge in [0.1, 0.15) is 28.7 Å². The first-order chi connectivity index (χ1) is 16.7. The molecule has 5 heterocycles. The minimum Gasteiger partial charge on any atom is -0.476 e. The summed E-state index contributed by atoms with van der Waals surface area (Å²) in [6.45, 7) is 4.79. The molecule has 3 aliphatic rings. The van der Waals surface area contributed by atoms with Gasteiger partial charge in [-0.3, -0.25) is 0 Å². The standard InChI is InChI=1S/C25H33N7O2/c1-16-24(28-19-6-5-13-34-25(19)26-16)20-14-22-29-21(31-11-3-4-12-31)15-23(32(22)30-20)27-17-7-9-18(33-2)10-8-17/h14-15,17-18,27H,3-13H2,1-2H3/t17-,18-. The maximum absolute atomic E-state index is 5.71. The topological polar surface area (TPSA) is 89.7 Å². The highest BCUT2D eigenvalue weighted by Crippen LogP contribution is 2.31. The predicted octanol–water partition coefficient (Wildman–Crippen LogP) is 3.79. The Bertz CT molecular complexity index is 1180. The normalized spacial score (nSPS) is 22.6. The average molecular weight is 464 g/mol. The molecule has 1 N–H and O–H groups in total. The third kappa shape index (κ3) is 4.06. The van der Waals surface area contributed by atoms with Crippen LogP contribution in [0, 0.1) is 6.92 Å². The molecule has 1 saturated heterocycles. The Morgan fingerprint density at radius 2 is 1.85 bits per heavy atom. The van der Waals surface area contributed by atoms with Crippen molar-refractivity contribution in [2.75, 3.05) is 37.0 Å². The fraction of sp³-hybridized carbons (Fsp3) is 0.600. The largest absolute Gasteiger partial charge is 0.476 e. The molecule has 0 aromatic carbocycles. The van der Waals surface area contributed by atoms with E-state index in [0.717, 1.165) is 91.7 Å². The van der Waals surface area contributed by atoms with Crippen molar-refractivity contribution in [1.29, 1.82) is 0 Å². The minimum absolute atomic E-state index is 0.376. The van der Waals surface area contributed by atoms with E-state index in [1.165, 1.54) is 12.8 Å². The van der Waals surface area contributed by atoms with Gasteiger partial charge in [0.2, 0.25) is 5.88 Å². The van der Waals surface area contributed by atoms with E-state index in [-0.39, 0.29) is 0 Å². The maximum Gasteiger partial charge on any atom is 0.235 e. The number of fused-ring (bicyclic) bond motifs is 2. The number of anilines is 2. The number of aromatic nitrogens is 5. The second kappa shape index (κ2) is 9.02. The Hall–Kier alpha value is -2.94. The smallest absolute Gasteiger partial charge is 0.235 e. The molecule has 0 spiro atoms. The van der Waals surface area contributed by atoms with E-state index in [1.807, 2.05) is 24.6 Å². The summed E-state index contributed by atoms with van der Waals surface area (Å²) in [5.41, 5.74) is 4.20. The molecule has 1 saturated carbocycles. The number of hydrogen-bond donors (Lipinski definition) is 1. The summed E-state index contributed by atoms with van der Waals surface area (Å²) < 4.78 is 13.2. The fourth-order valence-corrected chi connectivity index (χ4v) is 5.40. The van der Waals surface area contributed by atoms with Crippen molar-refractivity contribution < 1.29 is 9.47 Å². The molecule has 3 aromatic heterocycles. The van der Waals surface area contributed by atoms with Crippen molar-refractivity contribution in [3.05, 3.63) is 23.5 Å². The first-order valence-electron chi connectivity index (χ1n) is 12.6. The average Bonchev–Trinajstić information content (AvgIpc) is 3.54. The van der Waals surface area contributed by atoms with Gasteiger partial charge in [-0.1, -0.05) is 0 Å². The van der Waals surface area contributed by atoms with Gasteiger partial charge in [-0.25, -0.2) is 15.0 Å². The van der Waals surface area contributed by atoms with Gasteiger partial charge in [0.25, 0.3) is 0 Å². The van der Waals surface area contributed by atoms with Crippen LogP contribution in [0.3, 0.4) is 0 Å². The number of ether oxygens (including phenoxy) is 2. The lowest BCUT2D eigenvalue weighted by atomic mass is 9.93. The van der Waals surface area contributed by atoms with Crippen LogP contribution in [0.4, 0.5) is 11.6 Å². The van der Waals surface area contributed by atoms with Crippen LogP contribution in [-0.2, 0) is 11.2 Å². The number of rotatable bonds is 5. The van der Waals surface area contributed by atoms with Gasteiger partial charge >= 0.3 is 0 Å². The molecule has 180 valence electrons. The summed E-state index contributed by atoms with van der Waals surface area (Å²) in [6, 6.07) is 4.61. The van der Waals surface area contributed by atoms with E-state index in [9.17, 15) is 0 Å². The zero-order valence-electron chi connectivity index (χ0n) is 20.1. The SMILES string of the molecule is CO[C@H]1CC[C@H](Nc2cc(N3CCCC3)nc3cc(-c4nc5c(nc4C)OCCC5)nn23)CC1. The van der Waals surface area contributed by atoms with Crippen molar-refractivity contribution in [2.24, 2.45) is 0 Å². The molecule has 1 aliphatic carbocycles. The second-order valence-corrected chi connectivity index (χ2v) is 9.71. The molecule has 9 nitrogen and oxygen atoms in total. The summed E-state index contributed by atoms with van der Waals surface area (Å²) in [5.74, 6) is 2.68. The molecule has 0 radical (unpaired) electrons. The summed E-state index contributed by atoms with van der Waals surface area (Å²) in [4.78, 5) is 17.0. The van der Waals surface area contributed by atoms with Gasteiger partial charge in [0.15, 0.2) is 5.65 Å². The van der Waals surface area contributed by atoms with E-state index in [2.05, 4.69) is 21.3 Å². The number of nitrogens with zero attached hydrogens (tertiary/aromatic N) is 6. The number of methoxy groups -OCH3 is 1. The number of hydrogen-bond acceptors (Lipinski definition) is 8. The molecular formula is C25H33N7O2. The second-order valence-electron chi connectivity index (χ2n) is 9.71. The monoisotopic (exact) mass is 463 g/mol. The van der Waals surface area contributed by atoms with E-state index in [1.54, 1.807) is 0 Å². The van der Waals surface area contributed by atoms with Crippen LogP contribution in [0.1, 0.15) is 56.3 Å². The summed E-state index contributed by atoms with van der Waals surface area (Å²) in [6.07, 6.45) is 9.00. The van der Waals surface area contributed by atoms with Crippen molar-refractivity contribution >= 4 is 17.3 Å². The van der Waals surface area contributed by atoms with Crippen LogP contribution in [0.2, 0.25) is 0 Å². The zero-order valence-corrected chi connectivity index (χ0v) is 20.1. The van der Waals surface area contributed by atoms with Gasteiger partial charge in [0, 0.05) is 38.4 Å². The summed E-state index contributed by atoms with van der Waals surface area (Å²) >= 11 is 0. The fourth-order valence-electron chi connectivity index (χ4n) is 5.40. The van der Waals surface area contributed by atoms with Gasteiger partial charge < -0.3 is 19.7 Å². The maximum atomic E-state index is 5.71. The molecule has 9 heteroatoms. The molecule has 0 bridgehead atoms. The molecule has 0 amide bonds. The first kappa shape index (κ1) is 21.6. The van der Waals surface area contributed by atoms with Gasteiger partial charge in [0.05, 0.1) is 18.4 Å². The van der Waals surface area contributed by atoms with E-state index in [0.29, 0.717) is 24.6 Å². The highest BCUT2D eigenvalue weighted by Gasteiger charge is 2.24. The molecule has 2 fully saturated rings. The van der Waals surface area contributed by atoms with E-state index >= 15 is 0 Å². The van der Waals surface area contributed by atoms with Gasteiger partial charge in [-0.2, -0.15) is 9.61 Å². The first-order valence-corrected chi connectivity index (χ1v) is 12.6. The highest BCUT2D eigenvalue weighted by molar-refractivity contribution is 5.67. The Kier molecular flexibility index (Phi) is 5.72. The molecular weight excluding hydrogens is 430 g/mol. The van der Waals surface area contributed by atoms with Crippen LogP contribution in [0.15, 0.2) is 12.1 Å². The van der Waals surface area contributed by atoms with Crippen LogP contribution in [-0.4, -0.2) is 63.5 Å². The van der Waals surface area contributed by atoms with Gasteiger partial charge in [-0.05, 0) is 58.3 Å². The van der Waals surface area contributed by atoms with Gasteiger partial charge in [-0.15, -0.1) is 0 Å². The van der Waals surface area contributed by atoms with Crippen molar-refractivity contribution in [2.45, 2.75) is 70.4 Å². The number of nitrogens with one attached hydrogen (secondary N) is 1. The van der Waals surface area contributed by atoms with E-state index < -0.39 is 0 Å². The van der Waals surface area contributed by atoms with Crippen molar-refractivity contribution in [3.8, 4) is 17.3 Å². The zero-order chi connectivity index (χ0) is 23.1.